The number of methoxy groups -OCH3 is 1. The van der Waals surface area contributed by atoms with Gasteiger partial charge in [0.15, 0.2) is 0 Å². The Labute approximate surface area is 118 Å². The highest BCUT2D eigenvalue weighted by atomic mass is 35.5. The van der Waals surface area contributed by atoms with Crippen molar-refractivity contribution >= 4 is 11.6 Å². The Bertz CT molecular complexity index is 604. The number of aryl methyl sites for hydroxylation is 2. The molecule has 0 bridgehead atoms. The third-order valence-electron chi connectivity index (χ3n) is 3.46. The number of rotatable bonds is 3. The largest absolute Gasteiger partial charge is 0.495 e. The van der Waals surface area contributed by atoms with E-state index < -0.39 is 0 Å². The fraction of sp³-hybridized carbons (Fsp3) is 0.333. The van der Waals surface area contributed by atoms with Crippen LogP contribution in [0, 0.1) is 20.8 Å². The van der Waals surface area contributed by atoms with Crippen LogP contribution in [0.2, 0.25) is 5.02 Å². The second kappa shape index (κ2) is 5.27. The molecule has 1 atom stereocenters. The van der Waals surface area contributed by atoms with E-state index in [-0.39, 0.29) is 6.04 Å². The van der Waals surface area contributed by atoms with E-state index in [0.717, 1.165) is 28.2 Å². The first kappa shape index (κ1) is 14.0. The van der Waals surface area contributed by atoms with Crippen molar-refractivity contribution in [3.05, 3.63) is 51.4 Å². The molecule has 2 N–H and O–H groups in total. The van der Waals surface area contributed by atoms with E-state index in [4.69, 9.17) is 26.5 Å². The molecule has 1 aromatic heterocycles. The monoisotopic (exact) mass is 279 g/mol. The SMILES string of the molecule is COc1cc(C(N)c2c(C)oc(C)c2C)ccc1Cl. The first-order chi connectivity index (χ1) is 8.95. The summed E-state index contributed by atoms with van der Waals surface area (Å²) in [5.74, 6) is 2.39. The normalized spacial score (nSPS) is 12.5. The molecule has 1 unspecified atom stereocenters. The molecule has 4 heteroatoms. The first-order valence-electron chi connectivity index (χ1n) is 6.11. The van der Waals surface area contributed by atoms with Crippen LogP contribution < -0.4 is 10.5 Å². The van der Waals surface area contributed by atoms with Crippen LogP contribution in [0.25, 0.3) is 0 Å². The van der Waals surface area contributed by atoms with Crippen molar-refractivity contribution in [3.63, 3.8) is 0 Å². The summed E-state index contributed by atoms with van der Waals surface area (Å²) in [4.78, 5) is 0. The average Bonchev–Trinajstić information content (AvgIpc) is 2.63. The Morgan fingerprint density at radius 3 is 2.42 bits per heavy atom. The van der Waals surface area contributed by atoms with E-state index in [0.29, 0.717) is 10.8 Å². The lowest BCUT2D eigenvalue weighted by atomic mass is 9.96. The van der Waals surface area contributed by atoms with Crippen LogP contribution in [0.1, 0.15) is 34.3 Å². The minimum absolute atomic E-state index is 0.247. The maximum absolute atomic E-state index is 6.35. The van der Waals surface area contributed by atoms with Gasteiger partial charge in [-0.05, 0) is 44.0 Å². The predicted octanol–water partition coefficient (Wildman–Crippen LogP) is 3.91. The van der Waals surface area contributed by atoms with Crippen LogP contribution in [0.4, 0.5) is 0 Å². The molecule has 0 amide bonds. The van der Waals surface area contributed by atoms with Gasteiger partial charge in [-0.1, -0.05) is 17.7 Å². The van der Waals surface area contributed by atoms with Crippen LogP contribution in [0.3, 0.4) is 0 Å². The number of furan rings is 1. The fourth-order valence-corrected chi connectivity index (χ4v) is 2.50. The second-order valence-electron chi connectivity index (χ2n) is 4.62. The third-order valence-corrected chi connectivity index (χ3v) is 3.78. The van der Waals surface area contributed by atoms with Gasteiger partial charge >= 0.3 is 0 Å². The lowest BCUT2D eigenvalue weighted by Crippen LogP contribution is -2.13. The number of benzene rings is 1. The Morgan fingerprint density at radius 2 is 1.89 bits per heavy atom. The van der Waals surface area contributed by atoms with Crippen LogP contribution >= 0.6 is 11.6 Å². The molecule has 19 heavy (non-hydrogen) atoms. The molecule has 102 valence electrons. The number of ether oxygens (including phenoxy) is 1. The van der Waals surface area contributed by atoms with Gasteiger partial charge in [-0.25, -0.2) is 0 Å². The van der Waals surface area contributed by atoms with Crippen molar-refractivity contribution in [3.8, 4) is 5.75 Å². The summed E-state index contributed by atoms with van der Waals surface area (Å²) < 4.78 is 10.9. The van der Waals surface area contributed by atoms with Gasteiger partial charge in [-0.3, -0.25) is 0 Å². The van der Waals surface area contributed by atoms with Crippen LogP contribution in [-0.2, 0) is 0 Å². The molecule has 2 aromatic rings. The fourth-order valence-electron chi connectivity index (χ4n) is 2.30. The highest BCUT2D eigenvalue weighted by Crippen LogP contribution is 2.33. The molecule has 0 saturated heterocycles. The second-order valence-corrected chi connectivity index (χ2v) is 5.03. The molecule has 0 aliphatic rings. The quantitative estimate of drug-likeness (QED) is 0.926. The third kappa shape index (κ3) is 2.48. The molecule has 1 aromatic carbocycles. The molecule has 0 aliphatic carbocycles. The summed E-state index contributed by atoms with van der Waals surface area (Å²) in [5, 5.41) is 0.579. The Hall–Kier alpha value is -1.45. The molecule has 0 radical (unpaired) electrons. The maximum Gasteiger partial charge on any atom is 0.137 e. The topological polar surface area (TPSA) is 48.4 Å². The molecule has 0 spiro atoms. The molecule has 2 rings (SSSR count). The van der Waals surface area contributed by atoms with Crippen molar-refractivity contribution in [1.82, 2.24) is 0 Å². The summed E-state index contributed by atoms with van der Waals surface area (Å²) in [6.07, 6.45) is 0. The predicted molar refractivity (Wildman–Crippen MR) is 77.0 cm³/mol. The lowest BCUT2D eigenvalue weighted by molar-refractivity contribution is 0.414. The Morgan fingerprint density at radius 1 is 1.21 bits per heavy atom. The smallest absolute Gasteiger partial charge is 0.137 e. The molecule has 1 heterocycles. The summed E-state index contributed by atoms with van der Waals surface area (Å²) in [6.45, 7) is 5.90. The average molecular weight is 280 g/mol. The van der Waals surface area contributed by atoms with E-state index in [9.17, 15) is 0 Å². The first-order valence-corrected chi connectivity index (χ1v) is 6.49. The molecular formula is C15H18ClNO2. The van der Waals surface area contributed by atoms with Crippen molar-refractivity contribution in [2.45, 2.75) is 26.8 Å². The van der Waals surface area contributed by atoms with Gasteiger partial charge in [-0.15, -0.1) is 0 Å². The number of hydrogen-bond acceptors (Lipinski definition) is 3. The van der Waals surface area contributed by atoms with Crippen molar-refractivity contribution in [1.29, 1.82) is 0 Å². The Balaban J connectivity index is 2.46. The molecule has 0 saturated carbocycles. The van der Waals surface area contributed by atoms with Gasteiger partial charge in [0, 0.05) is 5.56 Å². The van der Waals surface area contributed by atoms with E-state index in [2.05, 4.69) is 0 Å². The van der Waals surface area contributed by atoms with Crippen molar-refractivity contribution in [2.24, 2.45) is 5.73 Å². The summed E-state index contributed by atoms with van der Waals surface area (Å²) in [6, 6.07) is 5.33. The number of nitrogens with two attached hydrogens (primary N) is 1. The van der Waals surface area contributed by atoms with E-state index in [1.54, 1.807) is 13.2 Å². The van der Waals surface area contributed by atoms with E-state index in [1.165, 1.54) is 0 Å². The standard InChI is InChI=1S/C15H18ClNO2/c1-8-9(2)19-10(3)14(8)15(17)11-5-6-12(16)13(7-11)18-4/h5-7,15H,17H2,1-4H3. The summed E-state index contributed by atoms with van der Waals surface area (Å²) >= 11 is 6.03. The van der Waals surface area contributed by atoms with Crippen molar-refractivity contribution in [2.75, 3.05) is 7.11 Å². The zero-order valence-electron chi connectivity index (χ0n) is 11.6. The van der Waals surface area contributed by atoms with Gasteiger partial charge < -0.3 is 14.9 Å². The van der Waals surface area contributed by atoms with Gasteiger partial charge in [0.1, 0.15) is 17.3 Å². The minimum Gasteiger partial charge on any atom is -0.495 e. The number of halogens is 1. The molecule has 3 nitrogen and oxygen atoms in total. The van der Waals surface area contributed by atoms with E-state index >= 15 is 0 Å². The van der Waals surface area contributed by atoms with Gasteiger partial charge in [0.25, 0.3) is 0 Å². The highest BCUT2D eigenvalue weighted by molar-refractivity contribution is 6.32. The van der Waals surface area contributed by atoms with Crippen LogP contribution in [-0.4, -0.2) is 7.11 Å². The van der Waals surface area contributed by atoms with Crippen LogP contribution in [0.15, 0.2) is 22.6 Å². The van der Waals surface area contributed by atoms with E-state index in [1.807, 2.05) is 32.9 Å². The van der Waals surface area contributed by atoms with Gasteiger partial charge in [0.2, 0.25) is 0 Å². The summed E-state index contributed by atoms with van der Waals surface area (Å²) in [7, 11) is 1.59. The lowest BCUT2D eigenvalue weighted by Gasteiger charge is -2.14. The van der Waals surface area contributed by atoms with Crippen LogP contribution in [0.5, 0.6) is 5.75 Å². The molecular weight excluding hydrogens is 262 g/mol. The Kier molecular flexibility index (Phi) is 3.88. The molecule has 0 aliphatic heterocycles. The number of hydrogen-bond donors (Lipinski definition) is 1. The molecule has 0 fully saturated rings. The zero-order valence-corrected chi connectivity index (χ0v) is 12.3. The van der Waals surface area contributed by atoms with Crippen molar-refractivity contribution < 1.29 is 9.15 Å². The highest BCUT2D eigenvalue weighted by Gasteiger charge is 2.20. The maximum atomic E-state index is 6.35. The van der Waals surface area contributed by atoms with Gasteiger partial charge in [-0.2, -0.15) is 0 Å². The van der Waals surface area contributed by atoms with Gasteiger partial charge in [0.05, 0.1) is 18.2 Å². The summed E-state index contributed by atoms with van der Waals surface area (Å²) in [5.41, 5.74) is 9.42. The zero-order chi connectivity index (χ0) is 14.2. The minimum atomic E-state index is -0.247.